The molecule has 8 heteroatoms. The lowest BCUT2D eigenvalue weighted by Crippen LogP contribution is -2.38. The molecule has 1 unspecified atom stereocenters. The molecule has 0 saturated heterocycles. The first-order valence-corrected chi connectivity index (χ1v) is 13.3. The van der Waals surface area contributed by atoms with Gasteiger partial charge in [-0.3, -0.25) is 4.55 Å². The van der Waals surface area contributed by atoms with Crippen LogP contribution in [0.4, 0.5) is 8.78 Å². The largest absolute Gasteiger partial charge is 0.497 e. The number of rotatable bonds is 9. The summed E-state index contributed by atoms with van der Waals surface area (Å²) in [6.07, 6.45) is 4.96. The number of hydrogen-bond donors (Lipinski definition) is 1. The van der Waals surface area contributed by atoms with Crippen molar-refractivity contribution in [3.63, 3.8) is 0 Å². The first-order valence-electron chi connectivity index (χ1n) is 11.8. The van der Waals surface area contributed by atoms with Crippen LogP contribution in [0.3, 0.4) is 0 Å². The molecule has 34 heavy (non-hydrogen) atoms. The molecule has 2 fully saturated rings. The molecule has 0 heterocycles. The number of ether oxygens (including phenoxy) is 2. The maximum absolute atomic E-state index is 15.2. The zero-order chi connectivity index (χ0) is 24.5. The van der Waals surface area contributed by atoms with Crippen LogP contribution in [0.25, 0.3) is 0 Å². The van der Waals surface area contributed by atoms with Gasteiger partial charge < -0.3 is 9.47 Å². The molecule has 1 N–H and O–H groups in total. The van der Waals surface area contributed by atoms with Gasteiger partial charge in [-0.05, 0) is 105 Å². The minimum Gasteiger partial charge on any atom is -0.497 e. The van der Waals surface area contributed by atoms with E-state index in [0.29, 0.717) is 35.2 Å². The highest BCUT2D eigenvalue weighted by Gasteiger charge is 2.53. The topological polar surface area (TPSA) is 72.8 Å². The zero-order valence-electron chi connectivity index (χ0n) is 19.5. The molecule has 0 amide bonds. The summed E-state index contributed by atoms with van der Waals surface area (Å²) in [7, 11) is -3.30. The van der Waals surface area contributed by atoms with Crippen LogP contribution in [0, 0.1) is 17.7 Å². The van der Waals surface area contributed by atoms with Crippen molar-refractivity contribution < 1.29 is 31.2 Å². The van der Waals surface area contributed by atoms with Crippen molar-refractivity contribution in [1.29, 1.82) is 0 Å². The predicted octanol–water partition coefficient (Wildman–Crippen LogP) is 6.25. The molecule has 5 nitrogen and oxygen atoms in total. The number of alkyl halides is 1. The van der Waals surface area contributed by atoms with Gasteiger partial charge >= 0.3 is 10.1 Å². The van der Waals surface area contributed by atoms with Crippen LogP contribution >= 0.6 is 0 Å². The molecular formula is C26H32F2O5S. The Balaban J connectivity index is 1.38. The SMILES string of the molecule is COc1ccc(F)c(C2CCC(COc3cccc([C@H](C4CC4)C(C)(F)S(=O)(=O)O)c3)CC2)c1. The van der Waals surface area contributed by atoms with E-state index < -0.39 is 21.0 Å². The lowest BCUT2D eigenvalue weighted by Gasteiger charge is -2.30. The summed E-state index contributed by atoms with van der Waals surface area (Å²) < 4.78 is 73.7. The molecule has 0 radical (unpaired) electrons. The first kappa shape index (κ1) is 24.9. The summed E-state index contributed by atoms with van der Waals surface area (Å²) in [6, 6.07) is 11.7. The number of hydrogen-bond acceptors (Lipinski definition) is 4. The Bertz CT molecular complexity index is 1110. The van der Waals surface area contributed by atoms with Gasteiger partial charge in [-0.1, -0.05) is 12.1 Å². The summed E-state index contributed by atoms with van der Waals surface area (Å²) in [5.74, 6) is 0.402. The summed E-state index contributed by atoms with van der Waals surface area (Å²) in [6.45, 7) is 1.42. The van der Waals surface area contributed by atoms with Gasteiger partial charge in [0.25, 0.3) is 0 Å². The number of benzene rings is 2. The average molecular weight is 495 g/mol. The van der Waals surface area contributed by atoms with Gasteiger partial charge in [-0.25, -0.2) is 8.78 Å². The van der Waals surface area contributed by atoms with Gasteiger partial charge in [0.2, 0.25) is 5.00 Å². The van der Waals surface area contributed by atoms with E-state index in [1.807, 2.05) is 0 Å². The molecule has 0 aromatic heterocycles. The van der Waals surface area contributed by atoms with Gasteiger partial charge in [0, 0.05) is 5.92 Å². The van der Waals surface area contributed by atoms with E-state index in [1.54, 1.807) is 43.5 Å². The summed E-state index contributed by atoms with van der Waals surface area (Å²) in [5.41, 5.74) is 1.21. The fourth-order valence-electron chi connectivity index (χ4n) is 5.19. The van der Waals surface area contributed by atoms with E-state index in [2.05, 4.69) is 0 Å². The molecule has 0 spiro atoms. The van der Waals surface area contributed by atoms with E-state index in [4.69, 9.17) is 9.47 Å². The Kier molecular flexibility index (Phi) is 7.20. The molecule has 2 atom stereocenters. The lowest BCUT2D eigenvalue weighted by atomic mass is 9.79. The second kappa shape index (κ2) is 9.82. The molecule has 2 aliphatic carbocycles. The highest BCUT2D eigenvalue weighted by molar-refractivity contribution is 7.87. The molecular weight excluding hydrogens is 462 g/mol. The molecule has 2 aromatic rings. The minimum atomic E-state index is -4.87. The van der Waals surface area contributed by atoms with Gasteiger partial charge in [0.1, 0.15) is 17.3 Å². The quantitative estimate of drug-likeness (QED) is 0.417. The van der Waals surface area contributed by atoms with E-state index in [1.165, 1.54) is 6.07 Å². The number of methoxy groups -OCH3 is 1. The average Bonchev–Trinajstić information content (AvgIpc) is 3.63. The summed E-state index contributed by atoms with van der Waals surface area (Å²) in [4.78, 5) is 0. The van der Waals surface area contributed by atoms with Gasteiger partial charge in [-0.15, -0.1) is 0 Å². The van der Waals surface area contributed by atoms with Crippen LogP contribution < -0.4 is 9.47 Å². The van der Waals surface area contributed by atoms with Crippen molar-refractivity contribution in [2.45, 2.75) is 62.3 Å². The third-order valence-electron chi connectivity index (χ3n) is 7.35. The van der Waals surface area contributed by atoms with Crippen LogP contribution in [0.5, 0.6) is 11.5 Å². The summed E-state index contributed by atoms with van der Waals surface area (Å²) >= 11 is 0. The molecule has 4 rings (SSSR count). The van der Waals surface area contributed by atoms with Gasteiger partial charge in [0.05, 0.1) is 13.7 Å². The predicted molar refractivity (Wildman–Crippen MR) is 126 cm³/mol. The normalized spacial score (nSPS) is 23.7. The second-order valence-electron chi connectivity index (χ2n) is 9.76. The van der Waals surface area contributed by atoms with Crippen LogP contribution in [0.1, 0.15) is 68.4 Å². The summed E-state index contributed by atoms with van der Waals surface area (Å²) in [5, 5.41) is -2.76. The van der Waals surface area contributed by atoms with Crippen LogP contribution in [-0.4, -0.2) is 31.7 Å². The van der Waals surface area contributed by atoms with E-state index in [9.17, 15) is 17.4 Å². The Morgan fingerprint density at radius 1 is 1.06 bits per heavy atom. The highest BCUT2D eigenvalue weighted by atomic mass is 32.2. The fraction of sp³-hybridized carbons (Fsp3) is 0.538. The van der Waals surface area contributed by atoms with E-state index in [-0.39, 0.29) is 17.7 Å². The van der Waals surface area contributed by atoms with Crippen molar-refractivity contribution in [1.82, 2.24) is 0 Å². The van der Waals surface area contributed by atoms with Gasteiger partial charge in [0.15, 0.2) is 0 Å². The number of halogens is 2. The molecule has 2 saturated carbocycles. The van der Waals surface area contributed by atoms with Crippen LogP contribution in [0.15, 0.2) is 42.5 Å². The van der Waals surface area contributed by atoms with Crippen molar-refractivity contribution in [2.24, 2.45) is 11.8 Å². The second-order valence-corrected chi connectivity index (χ2v) is 11.5. The molecule has 2 aliphatic rings. The van der Waals surface area contributed by atoms with Crippen molar-refractivity contribution >= 4 is 10.1 Å². The maximum Gasteiger partial charge on any atom is 0.300 e. The zero-order valence-corrected chi connectivity index (χ0v) is 20.4. The Morgan fingerprint density at radius 3 is 2.38 bits per heavy atom. The highest BCUT2D eigenvalue weighted by Crippen LogP contribution is 2.51. The smallest absolute Gasteiger partial charge is 0.300 e. The monoisotopic (exact) mass is 494 g/mol. The first-order chi connectivity index (χ1) is 16.1. The molecule has 186 valence electrons. The third-order valence-corrected chi connectivity index (χ3v) is 8.61. The molecule has 0 aliphatic heterocycles. The van der Waals surface area contributed by atoms with E-state index in [0.717, 1.165) is 45.4 Å². The van der Waals surface area contributed by atoms with Crippen molar-refractivity contribution in [2.75, 3.05) is 13.7 Å². The lowest BCUT2D eigenvalue weighted by molar-refractivity contribution is 0.196. The molecule has 2 aromatic carbocycles. The Labute approximate surface area is 200 Å². The third kappa shape index (κ3) is 5.38. The van der Waals surface area contributed by atoms with Crippen molar-refractivity contribution in [3.05, 3.63) is 59.4 Å². The molecule has 0 bridgehead atoms. The van der Waals surface area contributed by atoms with E-state index >= 15 is 4.39 Å². The fourth-order valence-corrected chi connectivity index (χ4v) is 5.84. The maximum atomic E-state index is 15.2. The Morgan fingerprint density at radius 2 is 1.76 bits per heavy atom. The van der Waals surface area contributed by atoms with Gasteiger partial charge in [-0.2, -0.15) is 8.42 Å². The Hall–Kier alpha value is -2.19. The minimum absolute atomic E-state index is 0.126. The standard InChI is InChI=1S/C26H32F2O5S/c1-26(28,34(29,30)31)25(19-10-11-19)20-4-3-5-22(14-20)33-16-17-6-8-18(9-7-17)23-15-21(32-2)12-13-24(23)27/h3-5,12-15,17-19,25H,6-11,16H2,1-2H3,(H,29,30,31)/t17?,18?,25-,26?/m0/s1. The van der Waals surface area contributed by atoms with Crippen LogP contribution in [-0.2, 0) is 10.1 Å². The van der Waals surface area contributed by atoms with Crippen LogP contribution in [0.2, 0.25) is 0 Å². The van der Waals surface area contributed by atoms with Crippen molar-refractivity contribution in [3.8, 4) is 11.5 Å².